The molecule has 0 aliphatic heterocycles. The van der Waals surface area contributed by atoms with Crippen molar-refractivity contribution in [2.24, 2.45) is 0 Å². The van der Waals surface area contributed by atoms with Gasteiger partial charge in [0, 0.05) is 30.3 Å². The van der Waals surface area contributed by atoms with Gasteiger partial charge in [0.25, 0.3) is 5.91 Å². The molecule has 4 aromatic rings. The molecule has 0 unspecified atom stereocenters. The Balaban J connectivity index is 1.50. The van der Waals surface area contributed by atoms with Gasteiger partial charge in [-0.15, -0.1) is 0 Å². The summed E-state index contributed by atoms with van der Waals surface area (Å²) in [4.78, 5) is 20.2. The first-order valence-corrected chi connectivity index (χ1v) is 10.8. The van der Waals surface area contributed by atoms with Crippen LogP contribution in [0.5, 0.6) is 11.6 Å². The van der Waals surface area contributed by atoms with Crippen molar-refractivity contribution in [2.75, 3.05) is 5.32 Å². The average molecular weight is 561 g/mol. The maximum absolute atomic E-state index is 12.9. The van der Waals surface area contributed by atoms with Crippen LogP contribution in [-0.4, -0.2) is 20.4 Å². The molecule has 14 heteroatoms. The van der Waals surface area contributed by atoms with Crippen LogP contribution in [0.2, 0.25) is 10.0 Å². The summed E-state index contributed by atoms with van der Waals surface area (Å²) in [6.45, 7) is 0. The second-order valence-corrected chi connectivity index (χ2v) is 8.19. The highest BCUT2D eigenvalue weighted by molar-refractivity contribution is 6.32. The SMILES string of the molecule is O=C(Nc1ccc(Oc2ccc(C(F)(F)F)cn2)c(Cl)c1)c1cccn1-c1ncc(C(F)(F)F)cc1Cl. The van der Waals surface area contributed by atoms with Gasteiger partial charge in [0.1, 0.15) is 11.4 Å². The lowest BCUT2D eigenvalue weighted by molar-refractivity contribution is -0.138. The van der Waals surface area contributed by atoms with Gasteiger partial charge in [-0.1, -0.05) is 23.2 Å². The van der Waals surface area contributed by atoms with E-state index in [1.807, 2.05) is 0 Å². The number of pyridine rings is 2. The molecule has 37 heavy (non-hydrogen) atoms. The van der Waals surface area contributed by atoms with Crippen molar-refractivity contribution >= 4 is 34.8 Å². The number of benzene rings is 1. The number of carbonyl (C=O) groups excluding carboxylic acids is 1. The number of halogens is 8. The van der Waals surface area contributed by atoms with Gasteiger partial charge in [0.15, 0.2) is 5.82 Å². The molecule has 1 amide bonds. The molecule has 1 aromatic carbocycles. The summed E-state index contributed by atoms with van der Waals surface area (Å²) < 4.78 is 83.3. The minimum absolute atomic E-state index is 0.0135. The highest BCUT2D eigenvalue weighted by Gasteiger charge is 2.32. The first-order valence-electron chi connectivity index (χ1n) is 10.1. The zero-order valence-corrected chi connectivity index (χ0v) is 19.5. The van der Waals surface area contributed by atoms with Crippen LogP contribution in [0, 0.1) is 0 Å². The summed E-state index contributed by atoms with van der Waals surface area (Å²) in [6.07, 6.45) is -6.56. The zero-order chi connectivity index (χ0) is 27.0. The second kappa shape index (κ2) is 9.94. The zero-order valence-electron chi connectivity index (χ0n) is 18.0. The van der Waals surface area contributed by atoms with E-state index < -0.39 is 29.4 Å². The topological polar surface area (TPSA) is 69.0 Å². The van der Waals surface area contributed by atoms with E-state index in [-0.39, 0.29) is 38.9 Å². The molecule has 0 spiro atoms. The molecule has 1 N–H and O–H groups in total. The molecule has 0 bridgehead atoms. The summed E-state index contributed by atoms with van der Waals surface area (Å²) in [6, 6.07) is 9.53. The number of anilines is 1. The molecular formula is C23H12Cl2F6N4O2. The Morgan fingerprint density at radius 1 is 0.865 bits per heavy atom. The molecule has 0 radical (unpaired) electrons. The van der Waals surface area contributed by atoms with Gasteiger partial charge in [-0.3, -0.25) is 9.36 Å². The van der Waals surface area contributed by atoms with Gasteiger partial charge >= 0.3 is 12.4 Å². The Morgan fingerprint density at radius 3 is 2.16 bits per heavy atom. The third-order valence-corrected chi connectivity index (χ3v) is 5.40. The van der Waals surface area contributed by atoms with Crippen molar-refractivity contribution in [1.29, 1.82) is 0 Å². The summed E-state index contributed by atoms with van der Waals surface area (Å²) in [5.41, 5.74) is -1.74. The Labute approximate surface area is 214 Å². The monoisotopic (exact) mass is 560 g/mol. The maximum Gasteiger partial charge on any atom is 0.417 e. The molecule has 0 atom stereocenters. The summed E-state index contributed by atoms with van der Waals surface area (Å²) in [5.74, 6) is -0.811. The van der Waals surface area contributed by atoms with Crippen molar-refractivity contribution in [3.8, 4) is 17.4 Å². The van der Waals surface area contributed by atoms with E-state index in [1.165, 1.54) is 41.1 Å². The summed E-state index contributed by atoms with van der Waals surface area (Å²) >= 11 is 12.2. The number of hydrogen-bond acceptors (Lipinski definition) is 4. The third-order valence-electron chi connectivity index (χ3n) is 4.83. The first kappa shape index (κ1) is 26.3. The minimum atomic E-state index is -4.64. The van der Waals surface area contributed by atoms with Crippen LogP contribution in [-0.2, 0) is 12.4 Å². The van der Waals surface area contributed by atoms with Crippen LogP contribution in [0.25, 0.3) is 5.82 Å². The molecule has 4 rings (SSSR count). The lowest BCUT2D eigenvalue weighted by Gasteiger charge is -2.13. The van der Waals surface area contributed by atoms with Gasteiger partial charge in [-0.2, -0.15) is 26.3 Å². The molecular weight excluding hydrogens is 549 g/mol. The van der Waals surface area contributed by atoms with Crippen LogP contribution < -0.4 is 10.1 Å². The van der Waals surface area contributed by atoms with Crippen LogP contribution in [0.3, 0.4) is 0 Å². The van der Waals surface area contributed by atoms with Crippen molar-refractivity contribution in [3.63, 3.8) is 0 Å². The molecule has 0 fully saturated rings. The molecule has 3 aromatic heterocycles. The Bertz CT molecular complexity index is 1450. The fourth-order valence-electron chi connectivity index (χ4n) is 3.09. The predicted molar refractivity (Wildman–Crippen MR) is 122 cm³/mol. The molecule has 0 aliphatic rings. The van der Waals surface area contributed by atoms with Gasteiger partial charge in [0.2, 0.25) is 5.88 Å². The van der Waals surface area contributed by atoms with Gasteiger partial charge in [-0.05, 0) is 42.5 Å². The van der Waals surface area contributed by atoms with Crippen molar-refractivity contribution in [1.82, 2.24) is 14.5 Å². The molecule has 0 saturated carbocycles. The molecule has 6 nitrogen and oxygen atoms in total. The lowest BCUT2D eigenvalue weighted by Crippen LogP contribution is -2.17. The first-order chi connectivity index (χ1) is 17.3. The number of hydrogen-bond donors (Lipinski definition) is 1. The Morgan fingerprint density at radius 2 is 1.57 bits per heavy atom. The van der Waals surface area contributed by atoms with Gasteiger partial charge in [-0.25, -0.2) is 9.97 Å². The molecule has 0 aliphatic carbocycles. The van der Waals surface area contributed by atoms with Crippen molar-refractivity contribution in [2.45, 2.75) is 12.4 Å². The van der Waals surface area contributed by atoms with Gasteiger partial charge < -0.3 is 10.1 Å². The van der Waals surface area contributed by atoms with E-state index in [0.717, 1.165) is 12.1 Å². The van der Waals surface area contributed by atoms with Crippen LogP contribution >= 0.6 is 23.2 Å². The van der Waals surface area contributed by atoms with Crippen molar-refractivity contribution in [3.05, 3.63) is 94.0 Å². The fourth-order valence-corrected chi connectivity index (χ4v) is 3.57. The third kappa shape index (κ3) is 5.97. The predicted octanol–water partition coefficient (Wildman–Crippen LogP) is 7.66. The molecule has 192 valence electrons. The van der Waals surface area contributed by atoms with Crippen LogP contribution in [0.4, 0.5) is 32.0 Å². The highest BCUT2D eigenvalue weighted by atomic mass is 35.5. The Kier molecular flexibility index (Phi) is 7.07. The fraction of sp³-hybridized carbons (Fsp3) is 0.0870. The minimum Gasteiger partial charge on any atom is -0.437 e. The van der Waals surface area contributed by atoms with E-state index in [4.69, 9.17) is 27.9 Å². The van der Waals surface area contributed by atoms with E-state index in [0.29, 0.717) is 18.5 Å². The smallest absolute Gasteiger partial charge is 0.417 e. The average Bonchev–Trinajstić information content (AvgIpc) is 3.30. The molecule has 0 saturated heterocycles. The molecule has 3 heterocycles. The highest BCUT2D eigenvalue weighted by Crippen LogP contribution is 2.34. The van der Waals surface area contributed by atoms with E-state index in [9.17, 15) is 31.1 Å². The maximum atomic E-state index is 12.9. The number of carbonyl (C=O) groups is 1. The second-order valence-electron chi connectivity index (χ2n) is 7.37. The summed E-state index contributed by atoms with van der Waals surface area (Å²) in [5, 5.41) is 2.27. The van der Waals surface area contributed by atoms with E-state index >= 15 is 0 Å². The normalized spacial score (nSPS) is 11.9. The number of nitrogens with zero attached hydrogens (tertiary/aromatic N) is 3. The number of amides is 1. The largest absolute Gasteiger partial charge is 0.437 e. The van der Waals surface area contributed by atoms with Crippen LogP contribution in [0.1, 0.15) is 21.6 Å². The number of alkyl halides is 6. The lowest BCUT2D eigenvalue weighted by atomic mass is 10.2. The quantitative estimate of drug-likeness (QED) is 0.254. The van der Waals surface area contributed by atoms with Gasteiger partial charge in [0.05, 0.1) is 21.2 Å². The number of rotatable bonds is 5. The standard InChI is InChI=1S/C23H12Cl2F6N4O2/c24-15-9-14(4-5-18(15)37-19-6-3-12(10-32-19)22(26,27)28)34-21(36)17-2-1-7-35(17)20-16(25)8-13(11-33-20)23(29,30)31/h1-11H,(H,34,36). The Hall–Kier alpha value is -3.77. The summed E-state index contributed by atoms with van der Waals surface area (Å²) in [7, 11) is 0. The number of aromatic nitrogens is 3. The number of ether oxygens (including phenoxy) is 1. The number of nitrogens with one attached hydrogen (secondary N) is 1. The van der Waals surface area contributed by atoms with E-state index in [2.05, 4.69) is 15.3 Å². The van der Waals surface area contributed by atoms with Crippen molar-refractivity contribution < 1.29 is 35.9 Å². The van der Waals surface area contributed by atoms with E-state index in [1.54, 1.807) is 0 Å². The van der Waals surface area contributed by atoms with Crippen LogP contribution in [0.15, 0.2) is 67.1 Å².